The summed E-state index contributed by atoms with van der Waals surface area (Å²) >= 11 is 1.96. The van der Waals surface area contributed by atoms with Gasteiger partial charge in [-0.05, 0) is 19.4 Å². The van der Waals surface area contributed by atoms with Crippen molar-refractivity contribution in [2.45, 2.75) is 38.5 Å². The largest absolute Gasteiger partial charge is 0.325 e. The van der Waals surface area contributed by atoms with Crippen LogP contribution in [-0.4, -0.2) is 41.1 Å². The summed E-state index contributed by atoms with van der Waals surface area (Å²) in [6.07, 6.45) is 2.33. The van der Waals surface area contributed by atoms with Crippen LogP contribution >= 0.6 is 11.8 Å². The number of amides is 1. The van der Waals surface area contributed by atoms with Gasteiger partial charge in [-0.3, -0.25) is 4.79 Å². The van der Waals surface area contributed by atoms with E-state index in [9.17, 15) is 4.79 Å². The molecule has 1 amide bonds. The second-order valence-corrected chi connectivity index (χ2v) is 7.24. The average Bonchev–Trinajstić information content (AvgIpc) is 2.60. The quantitative estimate of drug-likeness (QED) is 0.701. The molecular weight excluding hydrogens is 220 g/mol. The lowest BCUT2D eigenvalue weighted by Crippen LogP contribution is -2.56. The molecule has 0 aromatic rings. The summed E-state index contributed by atoms with van der Waals surface area (Å²) in [6.45, 7) is 9.02. The second-order valence-electron chi connectivity index (χ2n) is 5.78. The molecule has 2 aliphatic rings. The molecule has 1 unspecified atom stereocenters. The predicted octanol–water partition coefficient (Wildman–Crippen LogP) is 1.69. The first kappa shape index (κ1) is 12.2. The van der Waals surface area contributed by atoms with Gasteiger partial charge in [0.05, 0.1) is 0 Å². The molecule has 3 nitrogen and oxygen atoms in total. The third-order valence-electron chi connectivity index (χ3n) is 3.39. The molecule has 2 fully saturated rings. The Balaban J connectivity index is 2.17. The van der Waals surface area contributed by atoms with Crippen molar-refractivity contribution in [3.05, 3.63) is 0 Å². The van der Waals surface area contributed by atoms with Gasteiger partial charge in [0, 0.05) is 24.3 Å². The fourth-order valence-corrected chi connectivity index (χ4v) is 3.99. The maximum absolute atomic E-state index is 12.4. The Bertz CT molecular complexity index is 279. The molecular formula is C12H22N2OS. The van der Waals surface area contributed by atoms with E-state index in [0.717, 1.165) is 31.8 Å². The van der Waals surface area contributed by atoms with E-state index in [0.29, 0.717) is 5.91 Å². The van der Waals surface area contributed by atoms with Gasteiger partial charge in [0.1, 0.15) is 4.87 Å². The van der Waals surface area contributed by atoms with Crippen molar-refractivity contribution in [2.24, 2.45) is 5.41 Å². The number of thioether (sulfide) groups is 1. The summed E-state index contributed by atoms with van der Waals surface area (Å²) in [4.78, 5) is 14.6. The highest BCUT2D eigenvalue weighted by Gasteiger charge is 2.47. The lowest BCUT2D eigenvalue weighted by molar-refractivity contribution is -0.142. The first-order valence-electron chi connectivity index (χ1n) is 6.12. The van der Waals surface area contributed by atoms with Crippen molar-refractivity contribution in [1.29, 1.82) is 0 Å². The zero-order chi connectivity index (χ0) is 11.8. The molecule has 92 valence electrons. The van der Waals surface area contributed by atoms with Crippen molar-refractivity contribution in [2.75, 3.05) is 25.4 Å². The van der Waals surface area contributed by atoms with Crippen LogP contribution in [0.15, 0.2) is 0 Å². The Morgan fingerprint density at radius 3 is 2.75 bits per heavy atom. The molecule has 1 N–H and O–H groups in total. The van der Waals surface area contributed by atoms with E-state index < -0.39 is 0 Å². The lowest BCUT2D eigenvalue weighted by atomic mass is 9.92. The number of carbonyl (C=O) groups excluding carboxylic acids is 1. The number of rotatable bonds is 0. The normalized spacial score (nSPS) is 31.1. The molecule has 2 rings (SSSR count). The van der Waals surface area contributed by atoms with Crippen molar-refractivity contribution in [3.8, 4) is 0 Å². The molecule has 1 atom stereocenters. The molecule has 16 heavy (non-hydrogen) atoms. The maximum atomic E-state index is 12.4. The summed E-state index contributed by atoms with van der Waals surface area (Å²) in [7, 11) is 0. The van der Waals surface area contributed by atoms with E-state index in [1.54, 1.807) is 0 Å². The van der Waals surface area contributed by atoms with E-state index in [4.69, 9.17) is 0 Å². The minimum Gasteiger partial charge on any atom is -0.325 e. The number of hydrogen-bond donors (Lipinski definition) is 1. The van der Waals surface area contributed by atoms with Gasteiger partial charge in [-0.2, -0.15) is 0 Å². The molecule has 0 aromatic carbocycles. The summed E-state index contributed by atoms with van der Waals surface area (Å²) < 4.78 is 0. The molecule has 1 spiro atoms. The molecule has 0 aliphatic carbocycles. The van der Waals surface area contributed by atoms with E-state index >= 15 is 0 Å². The van der Waals surface area contributed by atoms with Crippen LogP contribution in [0.3, 0.4) is 0 Å². The highest BCUT2D eigenvalue weighted by molar-refractivity contribution is 8.00. The Morgan fingerprint density at radius 2 is 2.19 bits per heavy atom. The molecule has 0 radical (unpaired) electrons. The lowest BCUT2D eigenvalue weighted by Gasteiger charge is -2.43. The van der Waals surface area contributed by atoms with Crippen molar-refractivity contribution < 1.29 is 4.79 Å². The zero-order valence-electron chi connectivity index (χ0n) is 10.5. The Morgan fingerprint density at radius 1 is 1.44 bits per heavy atom. The highest BCUT2D eigenvalue weighted by atomic mass is 32.2. The summed E-state index contributed by atoms with van der Waals surface area (Å²) in [5.74, 6) is 1.39. The SMILES string of the molecule is CC(C)(C)C(=O)N1CCSC12CCCNC2. The average molecular weight is 242 g/mol. The molecule has 2 aliphatic heterocycles. The predicted molar refractivity (Wildman–Crippen MR) is 68.5 cm³/mol. The highest BCUT2D eigenvalue weighted by Crippen LogP contribution is 2.42. The second kappa shape index (κ2) is 4.22. The van der Waals surface area contributed by atoms with Gasteiger partial charge in [-0.25, -0.2) is 0 Å². The number of piperidine rings is 1. The molecule has 4 heteroatoms. The Labute approximate surface area is 102 Å². The Hall–Kier alpha value is -0.220. The zero-order valence-corrected chi connectivity index (χ0v) is 11.3. The van der Waals surface area contributed by atoms with Crippen LogP contribution in [-0.2, 0) is 4.79 Å². The fourth-order valence-electron chi connectivity index (χ4n) is 2.52. The van der Waals surface area contributed by atoms with Crippen LogP contribution in [0.25, 0.3) is 0 Å². The monoisotopic (exact) mass is 242 g/mol. The van der Waals surface area contributed by atoms with E-state index in [1.807, 2.05) is 32.5 Å². The van der Waals surface area contributed by atoms with Gasteiger partial charge in [0.2, 0.25) is 5.91 Å². The smallest absolute Gasteiger partial charge is 0.229 e. The van der Waals surface area contributed by atoms with E-state index in [1.165, 1.54) is 6.42 Å². The van der Waals surface area contributed by atoms with Gasteiger partial charge >= 0.3 is 0 Å². The number of hydrogen-bond acceptors (Lipinski definition) is 3. The third-order valence-corrected chi connectivity index (χ3v) is 4.88. The van der Waals surface area contributed by atoms with Gasteiger partial charge in [0.25, 0.3) is 0 Å². The molecule has 0 aromatic heterocycles. The summed E-state index contributed by atoms with van der Waals surface area (Å²) in [6, 6.07) is 0. The minimum atomic E-state index is -0.255. The van der Waals surface area contributed by atoms with Crippen molar-refractivity contribution in [3.63, 3.8) is 0 Å². The molecule has 0 saturated carbocycles. The molecule has 0 bridgehead atoms. The van der Waals surface area contributed by atoms with Gasteiger partial charge < -0.3 is 10.2 Å². The number of nitrogens with zero attached hydrogens (tertiary/aromatic N) is 1. The maximum Gasteiger partial charge on any atom is 0.229 e. The van der Waals surface area contributed by atoms with Crippen LogP contribution in [0.5, 0.6) is 0 Å². The van der Waals surface area contributed by atoms with Crippen molar-refractivity contribution >= 4 is 17.7 Å². The minimum absolute atomic E-state index is 0.0581. The van der Waals surface area contributed by atoms with Crippen LogP contribution in [0.2, 0.25) is 0 Å². The number of nitrogens with one attached hydrogen (secondary N) is 1. The number of carbonyl (C=O) groups is 1. The van der Waals surface area contributed by atoms with Crippen LogP contribution in [0.1, 0.15) is 33.6 Å². The summed E-state index contributed by atoms with van der Waals surface area (Å²) in [5, 5.41) is 3.44. The fraction of sp³-hybridized carbons (Fsp3) is 0.917. The summed E-state index contributed by atoms with van der Waals surface area (Å²) in [5.41, 5.74) is -0.255. The van der Waals surface area contributed by atoms with E-state index in [2.05, 4.69) is 10.2 Å². The van der Waals surface area contributed by atoms with Crippen molar-refractivity contribution in [1.82, 2.24) is 10.2 Å². The van der Waals surface area contributed by atoms with Gasteiger partial charge in [0.15, 0.2) is 0 Å². The van der Waals surface area contributed by atoms with Crippen LogP contribution in [0, 0.1) is 5.41 Å². The van der Waals surface area contributed by atoms with Gasteiger partial charge in [-0.15, -0.1) is 11.8 Å². The topological polar surface area (TPSA) is 32.3 Å². The third kappa shape index (κ3) is 2.09. The van der Waals surface area contributed by atoms with Gasteiger partial charge in [-0.1, -0.05) is 20.8 Å². The van der Waals surface area contributed by atoms with E-state index in [-0.39, 0.29) is 10.3 Å². The first-order chi connectivity index (χ1) is 7.46. The first-order valence-corrected chi connectivity index (χ1v) is 7.11. The van der Waals surface area contributed by atoms with Crippen LogP contribution in [0.4, 0.5) is 0 Å². The molecule has 2 saturated heterocycles. The van der Waals surface area contributed by atoms with Crippen LogP contribution < -0.4 is 5.32 Å². The Kier molecular flexibility index (Phi) is 3.23. The standard InChI is InChI=1S/C12H22N2OS/c1-11(2,3)10(15)14-7-8-16-12(14)5-4-6-13-9-12/h13H,4-9H2,1-3H3. The molecule has 2 heterocycles.